The number of hydrogen-bond donors (Lipinski definition) is 1. The van der Waals surface area contributed by atoms with E-state index in [9.17, 15) is 9.59 Å². The highest BCUT2D eigenvalue weighted by molar-refractivity contribution is 5.87. The zero-order valence-corrected chi connectivity index (χ0v) is 12.8. The minimum absolute atomic E-state index is 0.0309. The van der Waals surface area contributed by atoms with Crippen LogP contribution in [-0.4, -0.2) is 54.3 Å². The Bertz CT molecular complexity index is 532. The molecule has 2 aliphatic heterocycles. The maximum Gasteiger partial charge on any atom is 0.239 e. The Labute approximate surface area is 131 Å². The van der Waals surface area contributed by atoms with Gasteiger partial charge in [0.05, 0.1) is 12.5 Å². The van der Waals surface area contributed by atoms with Crippen molar-refractivity contribution in [3.8, 4) is 0 Å². The first-order valence-electron chi connectivity index (χ1n) is 8.04. The van der Waals surface area contributed by atoms with E-state index in [0.29, 0.717) is 13.1 Å². The molecule has 0 unspecified atom stereocenters. The van der Waals surface area contributed by atoms with Gasteiger partial charge in [0, 0.05) is 26.2 Å². The number of piperazine rings is 1. The number of hydrogen-bond acceptors (Lipinski definition) is 3. The molecule has 2 fully saturated rings. The molecule has 2 amide bonds. The van der Waals surface area contributed by atoms with Gasteiger partial charge in [-0.1, -0.05) is 30.3 Å². The second kappa shape index (κ2) is 6.92. The summed E-state index contributed by atoms with van der Waals surface area (Å²) in [6, 6.07) is 10.4. The SMILES string of the molecule is O=C1CN(C(=O)[C@H]2CCCN(Cc3ccccc3)C2)CCN1. The fourth-order valence-electron chi connectivity index (χ4n) is 3.33. The monoisotopic (exact) mass is 301 g/mol. The number of nitrogens with one attached hydrogen (secondary N) is 1. The summed E-state index contributed by atoms with van der Waals surface area (Å²) in [5.74, 6) is 0.132. The van der Waals surface area contributed by atoms with Crippen molar-refractivity contribution in [1.29, 1.82) is 0 Å². The van der Waals surface area contributed by atoms with Crippen LogP contribution < -0.4 is 5.32 Å². The van der Waals surface area contributed by atoms with Crippen LogP contribution in [0.15, 0.2) is 30.3 Å². The molecular weight excluding hydrogens is 278 g/mol. The second-order valence-corrected chi connectivity index (χ2v) is 6.17. The lowest BCUT2D eigenvalue weighted by Crippen LogP contribution is -2.53. The maximum atomic E-state index is 12.6. The fourth-order valence-corrected chi connectivity index (χ4v) is 3.33. The summed E-state index contributed by atoms with van der Waals surface area (Å²) in [4.78, 5) is 28.1. The summed E-state index contributed by atoms with van der Waals surface area (Å²) in [5, 5.41) is 2.77. The standard InChI is InChI=1S/C17H23N3O2/c21-16-13-20(10-8-18-16)17(22)15-7-4-9-19(12-15)11-14-5-2-1-3-6-14/h1-3,5-6,15H,4,7-13H2,(H,18,21)/t15-/m0/s1. The molecule has 0 spiro atoms. The van der Waals surface area contributed by atoms with Crippen LogP contribution in [0, 0.1) is 5.92 Å². The Kier molecular flexibility index (Phi) is 4.73. The number of likely N-dealkylation sites (tertiary alicyclic amines) is 1. The molecule has 1 aromatic carbocycles. The fraction of sp³-hybridized carbons (Fsp3) is 0.529. The Morgan fingerprint density at radius 3 is 2.82 bits per heavy atom. The molecule has 0 aromatic heterocycles. The molecule has 1 N–H and O–H groups in total. The minimum Gasteiger partial charge on any atom is -0.353 e. The van der Waals surface area contributed by atoms with Crippen molar-refractivity contribution in [2.75, 3.05) is 32.7 Å². The van der Waals surface area contributed by atoms with Crippen molar-refractivity contribution in [1.82, 2.24) is 15.1 Å². The van der Waals surface area contributed by atoms with Gasteiger partial charge in [-0.05, 0) is 24.9 Å². The third-order valence-electron chi connectivity index (χ3n) is 4.45. The van der Waals surface area contributed by atoms with Crippen molar-refractivity contribution in [3.05, 3.63) is 35.9 Å². The van der Waals surface area contributed by atoms with E-state index in [-0.39, 0.29) is 24.3 Å². The number of carbonyl (C=O) groups excluding carboxylic acids is 2. The first kappa shape index (κ1) is 15.0. The van der Waals surface area contributed by atoms with Gasteiger partial charge in [-0.15, -0.1) is 0 Å². The zero-order chi connectivity index (χ0) is 15.4. The van der Waals surface area contributed by atoms with Gasteiger partial charge in [-0.25, -0.2) is 0 Å². The Balaban J connectivity index is 1.58. The Morgan fingerprint density at radius 1 is 1.23 bits per heavy atom. The quantitative estimate of drug-likeness (QED) is 0.901. The molecule has 3 rings (SSSR count). The highest BCUT2D eigenvalue weighted by Crippen LogP contribution is 2.21. The van der Waals surface area contributed by atoms with E-state index in [4.69, 9.17) is 0 Å². The second-order valence-electron chi connectivity index (χ2n) is 6.17. The minimum atomic E-state index is -0.0449. The van der Waals surface area contributed by atoms with E-state index < -0.39 is 0 Å². The van der Waals surface area contributed by atoms with E-state index in [1.807, 2.05) is 18.2 Å². The molecule has 0 saturated carbocycles. The van der Waals surface area contributed by atoms with Gasteiger partial charge in [0.15, 0.2) is 0 Å². The molecule has 22 heavy (non-hydrogen) atoms. The lowest BCUT2D eigenvalue weighted by Gasteiger charge is -2.36. The third-order valence-corrected chi connectivity index (χ3v) is 4.45. The summed E-state index contributed by atoms with van der Waals surface area (Å²) in [5.41, 5.74) is 1.29. The Hall–Kier alpha value is -1.88. The Morgan fingerprint density at radius 2 is 2.05 bits per heavy atom. The van der Waals surface area contributed by atoms with Gasteiger partial charge >= 0.3 is 0 Å². The summed E-state index contributed by atoms with van der Waals surface area (Å²) < 4.78 is 0. The molecule has 0 radical (unpaired) electrons. The lowest BCUT2D eigenvalue weighted by atomic mass is 9.95. The topological polar surface area (TPSA) is 52.7 Å². The molecule has 0 aliphatic carbocycles. The van der Waals surface area contributed by atoms with Crippen LogP contribution in [0.5, 0.6) is 0 Å². The van der Waals surface area contributed by atoms with E-state index in [0.717, 1.165) is 32.5 Å². The lowest BCUT2D eigenvalue weighted by molar-refractivity contribution is -0.142. The van der Waals surface area contributed by atoms with Crippen LogP contribution in [0.4, 0.5) is 0 Å². The maximum absolute atomic E-state index is 12.6. The highest BCUT2D eigenvalue weighted by atomic mass is 16.2. The van der Waals surface area contributed by atoms with E-state index in [1.165, 1.54) is 5.56 Å². The number of nitrogens with zero attached hydrogens (tertiary/aromatic N) is 2. The van der Waals surface area contributed by atoms with E-state index >= 15 is 0 Å². The molecule has 2 aliphatic rings. The van der Waals surface area contributed by atoms with Gasteiger partial charge < -0.3 is 10.2 Å². The molecule has 118 valence electrons. The molecule has 2 heterocycles. The largest absolute Gasteiger partial charge is 0.353 e. The summed E-state index contributed by atoms with van der Waals surface area (Å²) in [6.45, 7) is 4.16. The van der Waals surface area contributed by atoms with Crippen LogP contribution in [0.25, 0.3) is 0 Å². The van der Waals surface area contributed by atoms with Crippen molar-refractivity contribution in [2.45, 2.75) is 19.4 Å². The van der Waals surface area contributed by atoms with Gasteiger partial charge in [0.2, 0.25) is 11.8 Å². The highest BCUT2D eigenvalue weighted by Gasteiger charge is 2.31. The van der Waals surface area contributed by atoms with Crippen molar-refractivity contribution in [2.24, 2.45) is 5.92 Å². The first-order chi connectivity index (χ1) is 10.7. The van der Waals surface area contributed by atoms with Gasteiger partial charge in [-0.3, -0.25) is 14.5 Å². The number of rotatable bonds is 3. The molecule has 5 nitrogen and oxygen atoms in total. The average Bonchev–Trinajstić information content (AvgIpc) is 2.55. The van der Waals surface area contributed by atoms with Crippen LogP contribution in [-0.2, 0) is 16.1 Å². The third kappa shape index (κ3) is 3.65. The molecule has 0 bridgehead atoms. The number of amides is 2. The zero-order valence-electron chi connectivity index (χ0n) is 12.8. The number of benzene rings is 1. The van der Waals surface area contributed by atoms with Crippen LogP contribution in [0.1, 0.15) is 18.4 Å². The molecule has 5 heteroatoms. The van der Waals surface area contributed by atoms with Crippen molar-refractivity contribution < 1.29 is 9.59 Å². The van der Waals surface area contributed by atoms with Crippen LogP contribution in [0.3, 0.4) is 0 Å². The smallest absolute Gasteiger partial charge is 0.239 e. The van der Waals surface area contributed by atoms with Crippen LogP contribution in [0.2, 0.25) is 0 Å². The first-order valence-corrected chi connectivity index (χ1v) is 8.04. The number of carbonyl (C=O) groups is 2. The van der Waals surface area contributed by atoms with Crippen LogP contribution >= 0.6 is 0 Å². The van der Waals surface area contributed by atoms with E-state index in [2.05, 4.69) is 22.3 Å². The van der Waals surface area contributed by atoms with E-state index in [1.54, 1.807) is 4.90 Å². The average molecular weight is 301 g/mol. The summed E-state index contributed by atoms with van der Waals surface area (Å²) in [6.07, 6.45) is 1.98. The molecule has 2 saturated heterocycles. The summed E-state index contributed by atoms with van der Waals surface area (Å²) in [7, 11) is 0. The molecule has 1 aromatic rings. The molecular formula is C17H23N3O2. The van der Waals surface area contributed by atoms with Crippen molar-refractivity contribution in [3.63, 3.8) is 0 Å². The summed E-state index contributed by atoms with van der Waals surface area (Å²) >= 11 is 0. The van der Waals surface area contributed by atoms with Crippen molar-refractivity contribution >= 4 is 11.8 Å². The van der Waals surface area contributed by atoms with Gasteiger partial charge in [0.25, 0.3) is 0 Å². The predicted molar refractivity (Wildman–Crippen MR) is 84.0 cm³/mol. The normalized spacial score (nSPS) is 23.2. The van der Waals surface area contributed by atoms with Gasteiger partial charge in [-0.2, -0.15) is 0 Å². The predicted octanol–water partition coefficient (Wildman–Crippen LogP) is 0.857. The number of piperidine rings is 1. The molecule has 1 atom stereocenters. The van der Waals surface area contributed by atoms with Gasteiger partial charge in [0.1, 0.15) is 0 Å².